The van der Waals surface area contributed by atoms with Crippen LogP contribution in [0.3, 0.4) is 0 Å². The van der Waals surface area contributed by atoms with Gasteiger partial charge >= 0.3 is 0 Å². The van der Waals surface area contributed by atoms with E-state index in [2.05, 4.69) is 0 Å². The van der Waals surface area contributed by atoms with Crippen LogP contribution in [0, 0.1) is 0 Å². The van der Waals surface area contributed by atoms with Crippen LogP contribution in [0.2, 0.25) is 0 Å². The SMILES string of the molecule is O=C(Cl)c1ccc(-c2ccc(C(=O)Cl)cc2S(=O)(=O)Cl)c(S(=O)(=O)Cl)c1. The molecule has 0 N–H and O–H groups in total. The van der Waals surface area contributed by atoms with E-state index in [1.54, 1.807) is 0 Å². The van der Waals surface area contributed by atoms with Crippen LogP contribution < -0.4 is 0 Å². The molecule has 0 aliphatic rings. The molecule has 0 aliphatic heterocycles. The van der Waals surface area contributed by atoms with Gasteiger partial charge in [-0.05, 0) is 47.5 Å². The van der Waals surface area contributed by atoms with Crippen molar-refractivity contribution in [2.24, 2.45) is 0 Å². The predicted octanol–water partition coefficient (Wildman–Crippen LogP) is 3.97. The van der Waals surface area contributed by atoms with E-state index in [4.69, 9.17) is 44.6 Å². The van der Waals surface area contributed by atoms with Gasteiger partial charge in [0, 0.05) is 43.6 Å². The standard InChI is InChI=1S/C14H6Cl4O6S2/c15-13(19)7-1-3-9(11(5-7)25(17,21)22)10-4-2-8(14(16)20)6-12(10)26(18,23)24/h1-6H. The molecule has 0 heterocycles. The maximum Gasteiger partial charge on any atom is 0.261 e. The summed E-state index contributed by atoms with van der Waals surface area (Å²) < 4.78 is 47.6. The average molecular weight is 476 g/mol. The highest BCUT2D eigenvalue weighted by Gasteiger charge is 2.25. The van der Waals surface area contributed by atoms with Gasteiger partial charge in [0.2, 0.25) is 0 Å². The third kappa shape index (κ3) is 4.57. The van der Waals surface area contributed by atoms with Crippen LogP contribution in [0.25, 0.3) is 11.1 Å². The molecule has 0 saturated heterocycles. The Balaban J connectivity index is 2.92. The molecule has 0 radical (unpaired) electrons. The number of halogens is 4. The molecule has 0 atom stereocenters. The molecule has 0 aromatic heterocycles. The first-order valence-electron chi connectivity index (χ1n) is 6.40. The van der Waals surface area contributed by atoms with Gasteiger partial charge in [-0.2, -0.15) is 0 Å². The van der Waals surface area contributed by atoms with Crippen molar-refractivity contribution in [3.63, 3.8) is 0 Å². The predicted molar refractivity (Wildman–Crippen MR) is 98.3 cm³/mol. The molecule has 0 aliphatic carbocycles. The molecule has 2 rings (SSSR count). The second-order valence-electron chi connectivity index (χ2n) is 4.84. The number of carbonyl (C=O) groups is 2. The summed E-state index contributed by atoms with van der Waals surface area (Å²) in [5, 5.41) is -1.88. The monoisotopic (exact) mass is 474 g/mol. The van der Waals surface area contributed by atoms with Crippen molar-refractivity contribution in [2.45, 2.75) is 9.79 Å². The lowest BCUT2D eigenvalue weighted by molar-refractivity contribution is 0.107. The Morgan fingerprint density at radius 3 is 1.19 bits per heavy atom. The highest BCUT2D eigenvalue weighted by atomic mass is 35.7. The van der Waals surface area contributed by atoms with Gasteiger partial charge in [0.05, 0.1) is 9.79 Å². The van der Waals surface area contributed by atoms with Crippen molar-refractivity contribution in [3.05, 3.63) is 47.5 Å². The van der Waals surface area contributed by atoms with E-state index in [9.17, 15) is 26.4 Å². The third-order valence-electron chi connectivity index (χ3n) is 3.23. The first-order valence-corrected chi connectivity index (χ1v) is 11.8. The van der Waals surface area contributed by atoms with Gasteiger partial charge in [-0.25, -0.2) is 16.8 Å². The number of hydrogen-bond acceptors (Lipinski definition) is 6. The van der Waals surface area contributed by atoms with E-state index >= 15 is 0 Å². The van der Waals surface area contributed by atoms with E-state index in [1.807, 2.05) is 0 Å². The van der Waals surface area contributed by atoms with Crippen molar-refractivity contribution in [1.82, 2.24) is 0 Å². The Bertz CT molecular complexity index is 1050. The van der Waals surface area contributed by atoms with Crippen molar-refractivity contribution < 1.29 is 26.4 Å². The molecule has 0 fully saturated rings. The minimum absolute atomic E-state index is 0.158. The van der Waals surface area contributed by atoms with Crippen molar-refractivity contribution in [2.75, 3.05) is 0 Å². The van der Waals surface area contributed by atoms with Gasteiger partial charge in [0.15, 0.2) is 0 Å². The zero-order valence-corrected chi connectivity index (χ0v) is 16.9. The van der Waals surface area contributed by atoms with Gasteiger partial charge in [0.1, 0.15) is 0 Å². The number of rotatable bonds is 5. The largest absolute Gasteiger partial charge is 0.276 e. The molecule has 0 bridgehead atoms. The van der Waals surface area contributed by atoms with Gasteiger partial charge in [-0.3, -0.25) is 9.59 Å². The van der Waals surface area contributed by atoms with Crippen LogP contribution in [0.5, 0.6) is 0 Å². The first kappa shape index (κ1) is 21.1. The number of hydrogen-bond donors (Lipinski definition) is 0. The summed E-state index contributed by atoms with van der Waals surface area (Å²) in [6.45, 7) is 0. The van der Waals surface area contributed by atoms with Crippen LogP contribution in [0.1, 0.15) is 20.7 Å². The summed E-state index contributed by atoms with van der Waals surface area (Å²) in [6, 6.07) is 6.46. The zero-order chi connectivity index (χ0) is 19.9. The Morgan fingerprint density at radius 1 is 0.654 bits per heavy atom. The van der Waals surface area contributed by atoms with Crippen molar-refractivity contribution in [1.29, 1.82) is 0 Å². The average Bonchev–Trinajstić information content (AvgIpc) is 2.52. The summed E-state index contributed by atoms with van der Waals surface area (Å²) in [5.74, 6) is 0. The van der Waals surface area contributed by atoms with Crippen LogP contribution in [-0.2, 0) is 18.1 Å². The third-order valence-corrected chi connectivity index (χ3v) is 6.39. The Labute approximate surface area is 167 Å². The molecule has 26 heavy (non-hydrogen) atoms. The summed E-state index contributed by atoms with van der Waals surface area (Å²) in [5.41, 5.74) is -0.654. The van der Waals surface area contributed by atoms with Crippen molar-refractivity contribution in [3.8, 4) is 11.1 Å². The molecule has 0 amide bonds. The topological polar surface area (TPSA) is 102 Å². The van der Waals surface area contributed by atoms with E-state index in [0.29, 0.717) is 0 Å². The Kier molecular flexibility index (Phi) is 6.06. The Morgan fingerprint density at radius 2 is 0.962 bits per heavy atom. The fourth-order valence-electron chi connectivity index (χ4n) is 2.14. The second-order valence-corrected chi connectivity index (χ2v) is 10.6. The van der Waals surface area contributed by atoms with Gasteiger partial charge in [-0.1, -0.05) is 12.1 Å². The fourth-order valence-corrected chi connectivity index (χ4v) is 4.56. The summed E-state index contributed by atoms with van der Waals surface area (Å²) >= 11 is 10.7. The smallest absolute Gasteiger partial charge is 0.261 e. The molecule has 138 valence electrons. The zero-order valence-electron chi connectivity index (χ0n) is 12.2. The quantitative estimate of drug-likeness (QED) is 0.606. The molecule has 2 aromatic carbocycles. The van der Waals surface area contributed by atoms with E-state index in [0.717, 1.165) is 24.3 Å². The molecule has 12 heteroatoms. The molecular formula is C14H6Cl4O6S2. The molecule has 0 unspecified atom stereocenters. The van der Waals surface area contributed by atoms with E-state index < -0.39 is 38.4 Å². The maximum absolute atomic E-state index is 11.9. The lowest BCUT2D eigenvalue weighted by Crippen LogP contribution is -2.03. The van der Waals surface area contributed by atoms with Crippen LogP contribution in [-0.4, -0.2) is 27.3 Å². The first-order chi connectivity index (χ1) is 11.8. The highest BCUT2D eigenvalue weighted by molar-refractivity contribution is 8.14. The summed E-state index contributed by atoms with van der Waals surface area (Å²) in [7, 11) is 2.01. The lowest BCUT2D eigenvalue weighted by Gasteiger charge is -2.12. The normalized spacial score (nSPS) is 12.0. The molecule has 6 nitrogen and oxygen atoms in total. The van der Waals surface area contributed by atoms with Crippen molar-refractivity contribution >= 4 is 73.2 Å². The number of benzene rings is 2. The summed E-state index contributed by atoms with van der Waals surface area (Å²) in [6.07, 6.45) is 0. The molecule has 0 saturated carbocycles. The van der Waals surface area contributed by atoms with Gasteiger partial charge < -0.3 is 0 Å². The van der Waals surface area contributed by atoms with Crippen LogP contribution >= 0.6 is 44.6 Å². The Hall–Kier alpha value is -1.16. The second kappa shape index (κ2) is 7.46. The van der Waals surface area contributed by atoms with Gasteiger partial charge in [0.25, 0.3) is 28.6 Å². The molecule has 2 aromatic rings. The fraction of sp³-hybridized carbons (Fsp3) is 0. The molecular weight excluding hydrogens is 470 g/mol. The highest BCUT2D eigenvalue weighted by Crippen LogP contribution is 2.36. The minimum Gasteiger partial charge on any atom is -0.276 e. The lowest BCUT2D eigenvalue weighted by atomic mass is 10.0. The maximum atomic E-state index is 11.9. The minimum atomic E-state index is -4.40. The summed E-state index contributed by atoms with van der Waals surface area (Å²) in [4.78, 5) is 21.4. The van der Waals surface area contributed by atoms with Crippen LogP contribution in [0.15, 0.2) is 46.2 Å². The van der Waals surface area contributed by atoms with Crippen LogP contribution in [0.4, 0.5) is 0 Å². The van der Waals surface area contributed by atoms with E-state index in [-0.39, 0.29) is 22.3 Å². The van der Waals surface area contributed by atoms with E-state index in [1.165, 1.54) is 12.1 Å². The van der Waals surface area contributed by atoms with Gasteiger partial charge in [-0.15, -0.1) is 0 Å². The molecule has 0 spiro atoms. The number of carbonyl (C=O) groups excluding carboxylic acids is 2.